The molecule has 0 aromatic heterocycles. The number of hydrogen-bond acceptors (Lipinski definition) is 3. The predicted molar refractivity (Wildman–Crippen MR) is 89.6 cm³/mol. The van der Waals surface area contributed by atoms with E-state index in [-0.39, 0.29) is 23.0 Å². The molecule has 2 unspecified atom stereocenters. The van der Waals surface area contributed by atoms with Crippen LogP contribution in [-0.4, -0.2) is 25.2 Å². The number of esters is 1. The highest BCUT2D eigenvalue weighted by molar-refractivity contribution is 9.40. The van der Waals surface area contributed by atoms with E-state index in [0.29, 0.717) is 11.8 Å². The van der Waals surface area contributed by atoms with Crippen molar-refractivity contribution >= 4 is 59.7 Å². The molecule has 4 fully saturated rings. The molecule has 1 amide bonds. The van der Waals surface area contributed by atoms with E-state index in [2.05, 4.69) is 53.1 Å². The van der Waals surface area contributed by atoms with Crippen LogP contribution in [0.5, 0.6) is 0 Å². The molecule has 0 aromatic carbocycles. The lowest BCUT2D eigenvalue weighted by atomic mass is 9.51. The molecular formula is C14H18Br3NO3. The Morgan fingerprint density at radius 2 is 1.71 bits per heavy atom. The SMILES string of the molecule is CC(=O)OC12CC3CC(CC(NC(=O)C(Br)(Br)Br)(C3)C1)C2. The highest BCUT2D eigenvalue weighted by atomic mass is 80.0. The maximum Gasteiger partial charge on any atom is 0.303 e. The Morgan fingerprint density at radius 3 is 2.19 bits per heavy atom. The predicted octanol–water partition coefficient (Wildman–Crippen LogP) is 3.60. The normalized spacial score (nSPS) is 41.0. The van der Waals surface area contributed by atoms with Gasteiger partial charge in [-0.15, -0.1) is 0 Å². The van der Waals surface area contributed by atoms with E-state index in [0.717, 1.165) is 32.1 Å². The number of amides is 1. The van der Waals surface area contributed by atoms with Crippen molar-refractivity contribution in [3.63, 3.8) is 0 Å². The number of carbonyl (C=O) groups excluding carboxylic acids is 2. The quantitative estimate of drug-likeness (QED) is 0.478. The zero-order chi connectivity index (χ0) is 15.5. The van der Waals surface area contributed by atoms with Crippen LogP contribution in [0.4, 0.5) is 0 Å². The van der Waals surface area contributed by atoms with E-state index in [9.17, 15) is 9.59 Å². The fraction of sp³-hybridized carbons (Fsp3) is 0.857. The van der Waals surface area contributed by atoms with Gasteiger partial charge in [-0.25, -0.2) is 0 Å². The summed E-state index contributed by atoms with van der Waals surface area (Å²) in [6.07, 6.45) is 5.80. The number of ether oxygens (including phenoxy) is 1. The van der Waals surface area contributed by atoms with Crippen LogP contribution in [0.2, 0.25) is 0 Å². The smallest absolute Gasteiger partial charge is 0.303 e. The van der Waals surface area contributed by atoms with Crippen LogP contribution in [-0.2, 0) is 14.3 Å². The molecule has 0 saturated heterocycles. The molecule has 4 saturated carbocycles. The first-order valence-electron chi connectivity index (χ1n) is 7.20. The van der Waals surface area contributed by atoms with Gasteiger partial charge >= 0.3 is 5.97 Å². The summed E-state index contributed by atoms with van der Waals surface area (Å²) < 4.78 is 4.78. The Morgan fingerprint density at radius 1 is 1.14 bits per heavy atom. The van der Waals surface area contributed by atoms with Gasteiger partial charge in [-0.2, -0.15) is 0 Å². The van der Waals surface area contributed by atoms with Crippen LogP contribution in [0, 0.1) is 11.8 Å². The molecule has 0 aliphatic heterocycles. The first-order valence-corrected chi connectivity index (χ1v) is 9.58. The number of hydrogen-bond donors (Lipinski definition) is 1. The van der Waals surface area contributed by atoms with E-state index in [1.807, 2.05) is 0 Å². The molecule has 21 heavy (non-hydrogen) atoms. The molecule has 4 rings (SSSR count). The van der Waals surface area contributed by atoms with Crippen LogP contribution < -0.4 is 5.32 Å². The summed E-state index contributed by atoms with van der Waals surface area (Å²) in [5.74, 6) is 0.735. The summed E-state index contributed by atoms with van der Waals surface area (Å²) in [6.45, 7) is 1.48. The Hall–Kier alpha value is 0.380. The highest BCUT2D eigenvalue weighted by Crippen LogP contribution is 2.59. The lowest BCUT2D eigenvalue weighted by Crippen LogP contribution is -2.67. The monoisotopic (exact) mass is 485 g/mol. The summed E-state index contributed by atoms with van der Waals surface area (Å²) in [4.78, 5) is 23.8. The zero-order valence-electron chi connectivity index (χ0n) is 11.8. The Labute approximate surface area is 149 Å². The van der Waals surface area contributed by atoms with E-state index >= 15 is 0 Å². The van der Waals surface area contributed by atoms with Crippen LogP contribution in [0.1, 0.15) is 45.4 Å². The second kappa shape index (κ2) is 5.20. The summed E-state index contributed by atoms with van der Waals surface area (Å²) >= 11 is 9.82. The summed E-state index contributed by atoms with van der Waals surface area (Å²) in [5, 5.41) is 3.19. The maximum atomic E-state index is 12.3. The van der Waals surface area contributed by atoms with Crippen molar-refractivity contribution in [1.82, 2.24) is 5.32 Å². The molecule has 118 valence electrons. The van der Waals surface area contributed by atoms with Gasteiger partial charge in [-0.05, 0) is 91.7 Å². The van der Waals surface area contributed by atoms with Crippen molar-refractivity contribution in [3.05, 3.63) is 0 Å². The minimum absolute atomic E-state index is 0.137. The van der Waals surface area contributed by atoms with Crippen molar-refractivity contribution in [1.29, 1.82) is 0 Å². The van der Waals surface area contributed by atoms with E-state index in [4.69, 9.17) is 4.74 Å². The third-order valence-corrected chi connectivity index (χ3v) is 6.08. The highest BCUT2D eigenvalue weighted by Gasteiger charge is 2.60. The van der Waals surface area contributed by atoms with Crippen LogP contribution in [0.25, 0.3) is 0 Å². The number of rotatable bonds is 2. The molecule has 7 heteroatoms. The van der Waals surface area contributed by atoms with Crippen LogP contribution >= 0.6 is 47.8 Å². The van der Waals surface area contributed by atoms with Gasteiger partial charge in [0.2, 0.25) is 2.14 Å². The standard InChI is InChI=1S/C14H18Br3NO3/c1-8(19)21-13-5-9-2-10(6-13)4-12(3-9,7-13)18-11(20)14(15,16)17/h9-10H,2-7H2,1H3,(H,18,20). The molecular weight excluding hydrogens is 470 g/mol. The lowest BCUT2D eigenvalue weighted by Gasteiger charge is -2.61. The second-order valence-corrected chi connectivity index (χ2v) is 13.7. The molecule has 0 spiro atoms. The van der Waals surface area contributed by atoms with Gasteiger partial charge in [0, 0.05) is 18.9 Å². The Balaban J connectivity index is 1.83. The second-order valence-electron chi connectivity index (χ2n) is 6.97. The molecule has 4 aliphatic carbocycles. The summed E-state index contributed by atoms with van der Waals surface area (Å²) in [5.41, 5.74) is -0.603. The minimum atomic E-state index is -0.940. The molecule has 4 aliphatic rings. The third kappa shape index (κ3) is 3.20. The van der Waals surface area contributed by atoms with Crippen molar-refractivity contribution in [2.45, 2.75) is 58.7 Å². The lowest BCUT2D eigenvalue weighted by molar-refractivity contribution is -0.190. The fourth-order valence-electron chi connectivity index (χ4n) is 5.06. The summed E-state index contributed by atoms with van der Waals surface area (Å²) in [7, 11) is 0. The van der Waals surface area contributed by atoms with Crippen LogP contribution in [0.15, 0.2) is 0 Å². The van der Waals surface area contributed by atoms with Gasteiger partial charge in [0.1, 0.15) is 5.60 Å². The van der Waals surface area contributed by atoms with Gasteiger partial charge < -0.3 is 10.1 Å². The fourth-order valence-corrected chi connectivity index (χ4v) is 5.36. The number of carbonyl (C=O) groups is 2. The molecule has 0 heterocycles. The van der Waals surface area contributed by atoms with Gasteiger partial charge in [-0.3, -0.25) is 9.59 Å². The number of halogens is 3. The van der Waals surface area contributed by atoms with Crippen molar-refractivity contribution in [3.8, 4) is 0 Å². The van der Waals surface area contributed by atoms with Crippen molar-refractivity contribution in [2.24, 2.45) is 11.8 Å². The largest absolute Gasteiger partial charge is 0.459 e. The van der Waals surface area contributed by atoms with Crippen molar-refractivity contribution < 1.29 is 14.3 Å². The summed E-state index contributed by atoms with van der Waals surface area (Å²) in [6, 6.07) is 0. The first-order chi connectivity index (χ1) is 9.62. The molecule has 4 bridgehead atoms. The number of alkyl halides is 3. The van der Waals surface area contributed by atoms with Crippen molar-refractivity contribution in [2.75, 3.05) is 0 Å². The average Bonchev–Trinajstić information content (AvgIpc) is 2.22. The van der Waals surface area contributed by atoms with Gasteiger partial charge in [0.05, 0.1) is 0 Å². The van der Waals surface area contributed by atoms with Gasteiger partial charge in [0.25, 0.3) is 5.91 Å². The zero-order valence-corrected chi connectivity index (χ0v) is 16.5. The molecule has 1 N–H and O–H groups in total. The van der Waals surface area contributed by atoms with E-state index in [1.54, 1.807) is 0 Å². The molecule has 4 nitrogen and oxygen atoms in total. The van der Waals surface area contributed by atoms with E-state index < -0.39 is 2.14 Å². The third-order valence-electron chi connectivity index (χ3n) is 5.00. The molecule has 2 atom stereocenters. The molecule has 0 aromatic rings. The maximum absolute atomic E-state index is 12.3. The first kappa shape index (κ1) is 16.2. The average molecular weight is 488 g/mol. The number of nitrogens with one attached hydrogen (secondary N) is 1. The van der Waals surface area contributed by atoms with Gasteiger partial charge in [0.15, 0.2) is 0 Å². The minimum Gasteiger partial charge on any atom is -0.459 e. The Bertz CT molecular complexity index is 474. The Kier molecular flexibility index (Phi) is 4.02. The van der Waals surface area contributed by atoms with Gasteiger partial charge in [-0.1, -0.05) is 0 Å². The van der Waals surface area contributed by atoms with Crippen LogP contribution in [0.3, 0.4) is 0 Å². The topological polar surface area (TPSA) is 55.4 Å². The molecule has 0 radical (unpaired) electrons. The van der Waals surface area contributed by atoms with E-state index in [1.165, 1.54) is 13.3 Å².